The van der Waals surface area contributed by atoms with Crippen LogP contribution in [0.5, 0.6) is 5.75 Å². The molecule has 0 unspecified atom stereocenters. The van der Waals surface area contributed by atoms with E-state index in [0.717, 1.165) is 5.75 Å². The van der Waals surface area contributed by atoms with E-state index in [0.29, 0.717) is 6.61 Å². The summed E-state index contributed by atoms with van der Waals surface area (Å²) in [6.45, 7) is 9.38. The molecule has 0 aliphatic heterocycles. The van der Waals surface area contributed by atoms with Gasteiger partial charge < -0.3 is 4.74 Å². The van der Waals surface area contributed by atoms with E-state index in [9.17, 15) is 0 Å². The summed E-state index contributed by atoms with van der Waals surface area (Å²) < 4.78 is 5.77. The molecule has 0 N–H and O–H groups in total. The molecule has 0 fully saturated rings. The molecule has 0 atom stereocenters. The average molecular weight is 254 g/mol. The first-order valence-electron chi connectivity index (χ1n) is 6.74. The van der Waals surface area contributed by atoms with Crippen molar-refractivity contribution in [1.29, 1.82) is 0 Å². The predicted octanol–water partition coefficient (Wildman–Crippen LogP) is 4.87. The second kappa shape index (κ2) is 5.48. The van der Waals surface area contributed by atoms with Crippen molar-refractivity contribution in [1.82, 2.24) is 0 Å². The smallest absolute Gasteiger partial charge is 0.119 e. The first-order chi connectivity index (χ1) is 8.95. The van der Waals surface area contributed by atoms with Crippen LogP contribution in [-0.2, 0) is 12.0 Å². The monoisotopic (exact) mass is 254 g/mol. The van der Waals surface area contributed by atoms with E-state index in [1.807, 2.05) is 12.1 Å². The van der Waals surface area contributed by atoms with Gasteiger partial charge in [0.25, 0.3) is 0 Å². The van der Waals surface area contributed by atoms with E-state index in [1.54, 1.807) is 0 Å². The van der Waals surface area contributed by atoms with Gasteiger partial charge in [-0.25, -0.2) is 0 Å². The Morgan fingerprint density at radius 1 is 0.842 bits per heavy atom. The van der Waals surface area contributed by atoms with Gasteiger partial charge in [0, 0.05) is 0 Å². The molecular formula is C18H22O. The maximum absolute atomic E-state index is 5.77. The Kier molecular flexibility index (Phi) is 3.94. The van der Waals surface area contributed by atoms with Crippen LogP contribution in [0.4, 0.5) is 0 Å². The number of hydrogen-bond acceptors (Lipinski definition) is 1. The van der Waals surface area contributed by atoms with Crippen LogP contribution >= 0.6 is 0 Å². The van der Waals surface area contributed by atoms with E-state index in [4.69, 9.17) is 4.74 Å². The van der Waals surface area contributed by atoms with Crippen LogP contribution in [-0.4, -0.2) is 0 Å². The Balaban J connectivity index is 1.98. The van der Waals surface area contributed by atoms with Crippen LogP contribution in [0.1, 0.15) is 37.5 Å². The number of aryl methyl sites for hydroxylation is 1. The summed E-state index contributed by atoms with van der Waals surface area (Å²) in [5, 5.41) is 0. The molecule has 0 saturated heterocycles. The van der Waals surface area contributed by atoms with Crippen molar-refractivity contribution >= 4 is 0 Å². The molecule has 1 nitrogen and oxygen atoms in total. The standard InChI is InChI=1S/C18H22O/c1-14-5-11-17(12-6-14)19-13-15-7-9-16(10-8-15)18(2,3)4/h5-12H,13H2,1-4H3. The lowest BCUT2D eigenvalue weighted by atomic mass is 9.87. The number of hydrogen-bond donors (Lipinski definition) is 0. The molecule has 1 heteroatoms. The SMILES string of the molecule is Cc1ccc(OCc2ccc(C(C)(C)C)cc2)cc1. The molecule has 0 spiro atoms. The molecule has 0 radical (unpaired) electrons. The quantitative estimate of drug-likeness (QED) is 0.759. The highest BCUT2D eigenvalue weighted by molar-refractivity contribution is 5.29. The molecule has 2 aromatic carbocycles. The molecule has 2 rings (SSSR count). The Hall–Kier alpha value is -1.76. The molecule has 0 aliphatic rings. The van der Waals surface area contributed by atoms with Gasteiger partial charge in [-0.15, -0.1) is 0 Å². The van der Waals surface area contributed by atoms with Gasteiger partial charge in [-0.2, -0.15) is 0 Å². The zero-order valence-electron chi connectivity index (χ0n) is 12.2. The molecule has 0 bridgehead atoms. The van der Waals surface area contributed by atoms with Gasteiger partial charge in [0.1, 0.15) is 12.4 Å². The Morgan fingerprint density at radius 3 is 1.95 bits per heavy atom. The highest BCUT2D eigenvalue weighted by atomic mass is 16.5. The second-order valence-corrected chi connectivity index (χ2v) is 6.05. The van der Waals surface area contributed by atoms with Crippen LogP contribution in [0.2, 0.25) is 0 Å². The van der Waals surface area contributed by atoms with Crippen LogP contribution in [0.3, 0.4) is 0 Å². The lowest BCUT2D eigenvalue weighted by Crippen LogP contribution is -2.10. The molecule has 0 aromatic heterocycles. The first-order valence-corrected chi connectivity index (χ1v) is 6.74. The molecule has 100 valence electrons. The second-order valence-electron chi connectivity index (χ2n) is 6.05. The van der Waals surface area contributed by atoms with E-state index >= 15 is 0 Å². The molecule has 19 heavy (non-hydrogen) atoms. The zero-order valence-corrected chi connectivity index (χ0v) is 12.2. The van der Waals surface area contributed by atoms with Crippen LogP contribution in [0.15, 0.2) is 48.5 Å². The van der Waals surface area contributed by atoms with Gasteiger partial charge in [-0.05, 0) is 35.6 Å². The van der Waals surface area contributed by atoms with E-state index < -0.39 is 0 Å². The third kappa shape index (κ3) is 3.85. The van der Waals surface area contributed by atoms with E-state index in [2.05, 4.69) is 64.1 Å². The van der Waals surface area contributed by atoms with Gasteiger partial charge in [0.2, 0.25) is 0 Å². The highest BCUT2D eigenvalue weighted by Crippen LogP contribution is 2.22. The van der Waals surface area contributed by atoms with Crippen molar-refractivity contribution in [2.24, 2.45) is 0 Å². The summed E-state index contributed by atoms with van der Waals surface area (Å²) in [7, 11) is 0. The van der Waals surface area contributed by atoms with Crippen molar-refractivity contribution < 1.29 is 4.74 Å². The lowest BCUT2D eigenvalue weighted by Gasteiger charge is -2.19. The van der Waals surface area contributed by atoms with E-state index in [-0.39, 0.29) is 5.41 Å². The predicted molar refractivity (Wildman–Crippen MR) is 80.7 cm³/mol. The normalized spacial score (nSPS) is 11.4. The Labute approximate surface area is 116 Å². The average Bonchev–Trinajstić information content (AvgIpc) is 2.37. The van der Waals surface area contributed by atoms with E-state index in [1.165, 1.54) is 16.7 Å². The number of benzene rings is 2. The number of ether oxygens (including phenoxy) is 1. The van der Waals surface area contributed by atoms with Gasteiger partial charge in [-0.3, -0.25) is 0 Å². The fourth-order valence-corrected chi connectivity index (χ4v) is 1.90. The third-order valence-corrected chi connectivity index (χ3v) is 3.25. The van der Waals surface area contributed by atoms with Crippen molar-refractivity contribution in [3.8, 4) is 5.75 Å². The lowest BCUT2D eigenvalue weighted by molar-refractivity contribution is 0.306. The van der Waals surface area contributed by atoms with Crippen molar-refractivity contribution in [3.05, 3.63) is 65.2 Å². The van der Waals surface area contributed by atoms with Gasteiger partial charge in [-0.1, -0.05) is 62.7 Å². The summed E-state index contributed by atoms with van der Waals surface area (Å²) >= 11 is 0. The first kappa shape index (κ1) is 13.7. The minimum atomic E-state index is 0.205. The fraction of sp³-hybridized carbons (Fsp3) is 0.333. The van der Waals surface area contributed by atoms with Crippen molar-refractivity contribution in [2.45, 2.75) is 39.7 Å². The Bertz CT molecular complexity index is 515. The summed E-state index contributed by atoms with van der Waals surface area (Å²) in [6, 6.07) is 16.8. The van der Waals surface area contributed by atoms with Gasteiger partial charge >= 0.3 is 0 Å². The van der Waals surface area contributed by atoms with Gasteiger partial charge in [0.15, 0.2) is 0 Å². The fourth-order valence-electron chi connectivity index (χ4n) is 1.90. The third-order valence-electron chi connectivity index (χ3n) is 3.25. The minimum Gasteiger partial charge on any atom is -0.489 e. The zero-order chi connectivity index (χ0) is 13.9. The van der Waals surface area contributed by atoms with Gasteiger partial charge in [0.05, 0.1) is 0 Å². The van der Waals surface area contributed by atoms with Crippen LogP contribution in [0, 0.1) is 6.92 Å². The van der Waals surface area contributed by atoms with Crippen LogP contribution < -0.4 is 4.74 Å². The Morgan fingerprint density at radius 2 is 1.42 bits per heavy atom. The summed E-state index contributed by atoms with van der Waals surface area (Å²) in [5.41, 5.74) is 4.01. The highest BCUT2D eigenvalue weighted by Gasteiger charge is 2.12. The largest absolute Gasteiger partial charge is 0.489 e. The molecule has 0 heterocycles. The maximum atomic E-state index is 5.77. The molecular weight excluding hydrogens is 232 g/mol. The maximum Gasteiger partial charge on any atom is 0.119 e. The molecule has 0 amide bonds. The van der Waals surface area contributed by atoms with Crippen molar-refractivity contribution in [2.75, 3.05) is 0 Å². The number of rotatable bonds is 3. The summed E-state index contributed by atoms with van der Waals surface area (Å²) in [4.78, 5) is 0. The topological polar surface area (TPSA) is 9.23 Å². The minimum absolute atomic E-state index is 0.205. The molecule has 0 saturated carbocycles. The van der Waals surface area contributed by atoms with Crippen LogP contribution in [0.25, 0.3) is 0 Å². The van der Waals surface area contributed by atoms with Crippen molar-refractivity contribution in [3.63, 3.8) is 0 Å². The summed E-state index contributed by atoms with van der Waals surface area (Å²) in [6.07, 6.45) is 0. The summed E-state index contributed by atoms with van der Waals surface area (Å²) in [5.74, 6) is 0.922. The molecule has 2 aromatic rings. The molecule has 0 aliphatic carbocycles.